The second kappa shape index (κ2) is 6.09. The molecule has 0 amide bonds. The van der Waals surface area contributed by atoms with E-state index >= 15 is 0 Å². The fourth-order valence-corrected chi connectivity index (χ4v) is 2.70. The Labute approximate surface area is 130 Å². The predicted molar refractivity (Wildman–Crippen MR) is 87.9 cm³/mol. The molecular formula is C16H21N5O. The molecule has 116 valence electrons. The van der Waals surface area contributed by atoms with Gasteiger partial charge in [-0.3, -0.25) is 0 Å². The van der Waals surface area contributed by atoms with Gasteiger partial charge in [-0.15, -0.1) is 0 Å². The molecule has 6 nitrogen and oxygen atoms in total. The number of hydrogen-bond acceptors (Lipinski definition) is 6. The monoisotopic (exact) mass is 299 g/mol. The maximum Gasteiger partial charge on any atom is 0.223 e. The highest BCUT2D eigenvalue weighted by Gasteiger charge is 2.22. The fourth-order valence-electron chi connectivity index (χ4n) is 2.70. The molecule has 0 radical (unpaired) electrons. The summed E-state index contributed by atoms with van der Waals surface area (Å²) in [6.07, 6.45) is 2.12. The van der Waals surface area contributed by atoms with Crippen LogP contribution in [0.5, 0.6) is 5.75 Å². The average molecular weight is 299 g/mol. The topological polar surface area (TPSA) is 90.3 Å². The third-order valence-electron chi connectivity index (χ3n) is 3.90. The zero-order valence-electron chi connectivity index (χ0n) is 12.7. The van der Waals surface area contributed by atoms with E-state index in [2.05, 4.69) is 27.9 Å². The maximum atomic E-state index is 6.11. The second-order valence-electron chi connectivity index (χ2n) is 5.58. The van der Waals surface area contributed by atoms with E-state index < -0.39 is 0 Å². The number of aryl methyl sites for hydroxylation is 1. The molecule has 0 aliphatic carbocycles. The Morgan fingerprint density at radius 2 is 1.86 bits per heavy atom. The predicted octanol–water partition coefficient (Wildman–Crippen LogP) is 2.00. The molecule has 2 heterocycles. The summed E-state index contributed by atoms with van der Waals surface area (Å²) in [5, 5.41) is 0. The standard InChI is InChI=1S/C16H21N5O/c1-11-4-2-3-5-13(11)22-12-6-8-21(9-7-12)15-10-14(17)19-16(18)20-15/h2-5,10,12H,6-9H2,1H3,(H4,17,18,19,20). The summed E-state index contributed by atoms with van der Waals surface area (Å²) in [7, 11) is 0. The molecule has 0 atom stereocenters. The van der Waals surface area contributed by atoms with Crippen LogP contribution in [0.3, 0.4) is 0 Å². The number of hydrogen-bond donors (Lipinski definition) is 2. The first-order valence-corrected chi connectivity index (χ1v) is 7.49. The number of benzene rings is 1. The van der Waals surface area contributed by atoms with Gasteiger partial charge in [0, 0.05) is 32.0 Å². The van der Waals surface area contributed by atoms with E-state index in [1.54, 1.807) is 6.07 Å². The molecule has 1 saturated heterocycles. The van der Waals surface area contributed by atoms with Crippen LogP contribution in [-0.2, 0) is 0 Å². The van der Waals surface area contributed by atoms with Crippen LogP contribution in [0.1, 0.15) is 18.4 Å². The van der Waals surface area contributed by atoms with Gasteiger partial charge in [-0.2, -0.15) is 9.97 Å². The van der Waals surface area contributed by atoms with Crippen LogP contribution in [0.4, 0.5) is 17.6 Å². The van der Waals surface area contributed by atoms with Crippen molar-refractivity contribution in [2.45, 2.75) is 25.9 Å². The van der Waals surface area contributed by atoms with Crippen LogP contribution in [0.2, 0.25) is 0 Å². The van der Waals surface area contributed by atoms with Gasteiger partial charge in [0.05, 0.1) is 0 Å². The third kappa shape index (κ3) is 3.21. The van der Waals surface area contributed by atoms with E-state index in [0.717, 1.165) is 37.5 Å². The molecule has 4 N–H and O–H groups in total. The van der Waals surface area contributed by atoms with Crippen molar-refractivity contribution < 1.29 is 4.74 Å². The number of piperidine rings is 1. The van der Waals surface area contributed by atoms with E-state index in [0.29, 0.717) is 5.82 Å². The highest BCUT2D eigenvalue weighted by molar-refractivity contribution is 5.50. The quantitative estimate of drug-likeness (QED) is 0.901. The molecule has 6 heteroatoms. The molecule has 1 aliphatic heterocycles. The van der Waals surface area contributed by atoms with Crippen LogP contribution >= 0.6 is 0 Å². The van der Waals surface area contributed by atoms with Crippen molar-refractivity contribution in [2.24, 2.45) is 0 Å². The summed E-state index contributed by atoms with van der Waals surface area (Å²) < 4.78 is 6.11. The Bertz CT molecular complexity index is 632. The van der Waals surface area contributed by atoms with E-state index in [9.17, 15) is 0 Å². The Morgan fingerprint density at radius 3 is 2.55 bits per heavy atom. The molecule has 0 spiro atoms. The third-order valence-corrected chi connectivity index (χ3v) is 3.90. The van der Waals surface area contributed by atoms with E-state index in [4.69, 9.17) is 16.2 Å². The lowest BCUT2D eigenvalue weighted by atomic mass is 10.1. The van der Waals surface area contributed by atoms with Crippen molar-refractivity contribution in [1.29, 1.82) is 0 Å². The number of nitrogens with zero attached hydrogens (tertiary/aromatic N) is 3. The summed E-state index contributed by atoms with van der Waals surface area (Å²) in [6.45, 7) is 3.80. The number of aromatic nitrogens is 2. The number of nitrogen functional groups attached to an aromatic ring is 2. The number of nitrogens with two attached hydrogens (primary N) is 2. The molecule has 1 aromatic heterocycles. The van der Waals surface area contributed by atoms with Crippen LogP contribution in [0.25, 0.3) is 0 Å². The lowest BCUT2D eigenvalue weighted by Gasteiger charge is -2.33. The van der Waals surface area contributed by atoms with Gasteiger partial charge in [-0.25, -0.2) is 0 Å². The van der Waals surface area contributed by atoms with Gasteiger partial charge in [0.15, 0.2) is 0 Å². The van der Waals surface area contributed by atoms with Crippen molar-refractivity contribution in [1.82, 2.24) is 9.97 Å². The smallest absolute Gasteiger partial charge is 0.223 e. The van der Waals surface area contributed by atoms with Gasteiger partial charge < -0.3 is 21.1 Å². The molecule has 1 aliphatic rings. The summed E-state index contributed by atoms with van der Waals surface area (Å²) in [5.74, 6) is 2.38. The van der Waals surface area contributed by atoms with Gasteiger partial charge in [0.2, 0.25) is 5.95 Å². The van der Waals surface area contributed by atoms with Gasteiger partial charge >= 0.3 is 0 Å². The SMILES string of the molecule is Cc1ccccc1OC1CCN(c2cc(N)nc(N)n2)CC1. The molecule has 0 unspecified atom stereocenters. The normalized spacial score (nSPS) is 15.8. The Balaban J connectivity index is 1.62. The summed E-state index contributed by atoms with van der Waals surface area (Å²) in [6, 6.07) is 9.88. The van der Waals surface area contributed by atoms with Crippen molar-refractivity contribution in [3.8, 4) is 5.75 Å². The van der Waals surface area contributed by atoms with Crippen molar-refractivity contribution in [3.63, 3.8) is 0 Å². The first kappa shape index (κ1) is 14.4. The number of para-hydroxylation sites is 1. The largest absolute Gasteiger partial charge is 0.490 e. The minimum atomic E-state index is 0.216. The van der Waals surface area contributed by atoms with Crippen molar-refractivity contribution in [2.75, 3.05) is 29.5 Å². The number of anilines is 3. The molecule has 2 aromatic rings. The minimum absolute atomic E-state index is 0.216. The van der Waals surface area contributed by atoms with E-state index in [1.807, 2.05) is 18.2 Å². The van der Waals surface area contributed by atoms with Crippen LogP contribution in [0.15, 0.2) is 30.3 Å². The highest BCUT2D eigenvalue weighted by Crippen LogP contribution is 2.25. The second-order valence-corrected chi connectivity index (χ2v) is 5.58. The molecule has 1 aromatic carbocycles. The summed E-state index contributed by atoms with van der Waals surface area (Å²) >= 11 is 0. The maximum absolute atomic E-state index is 6.11. The van der Waals surface area contributed by atoms with Gasteiger partial charge in [0.1, 0.15) is 23.5 Å². The minimum Gasteiger partial charge on any atom is -0.490 e. The molecular weight excluding hydrogens is 278 g/mol. The van der Waals surface area contributed by atoms with Gasteiger partial charge in [-0.05, 0) is 18.6 Å². The van der Waals surface area contributed by atoms with Crippen molar-refractivity contribution in [3.05, 3.63) is 35.9 Å². The van der Waals surface area contributed by atoms with Gasteiger partial charge in [0.25, 0.3) is 0 Å². The zero-order valence-corrected chi connectivity index (χ0v) is 12.7. The van der Waals surface area contributed by atoms with Gasteiger partial charge in [-0.1, -0.05) is 18.2 Å². The highest BCUT2D eigenvalue weighted by atomic mass is 16.5. The fraction of sp³-hybridized carbons (Fsp3) is 0.375. The Morgan fingerprint density at radius 1 is 1.14 bits per heavy atom. The Hall–Kier alpha value is -2.50. The first-order chi connectivity index (χ1) is 10.6. The van der Waals surface area contributed by atoms with E-state index in [-0.39, 0.29) is 12.1 Å². The van der Waals surface area contributed by atoms with Crippen molar-refractivity contribution >= 4 is 17.6 Å². The molecule has 1 fully saturated rings. The van der Waals surface area contributed by atoms with E-state index in [1.165, 1.54) is 5.56 Å². The first-order valence-electron chi connectivity index (χ1n) is 7.49. The number of ether oxygens (including phenoxy) is 1. The van der Waals surface area contributed by atoms with Crippen LogP contribution in [0, 0.1) is 6.92 Å². The number of rotatable bonds is 3. The lowest BCUT2D eigenvalue weighted by Crippen LogP contribution is -2.39. The summed E-state index contributed by atoms with van der Waals surface area (Å²) in [4.78, 5) is 10.3. The van der Waals surface area contributed by atoms with Crippen LogP contribution < -0.4 is 21.1 Å². The molecule has 22 heavy (non-hydrogen) atoms. The average Bonchev–Trinajstić information content (AvgIpc) is 2.49. The Kier molecular flexibility index (Phi) is 4.00. The molecule has 0 saturated carbocycles. The summed E-state index contributed by atoms with van der Waals surface area (Å²) in [5.41, 5.74) is 12.6. The lowest BCUT2D eigenvalue weighted by molar-refractivity contribution is 0.169. The molecule has 0 bridgehead atoms. The van der Waals surface area contributed by atoms with Crippen LogP contribution in [-0.4, -0.2) is 29.2 Å². The zero-order chi connectivity index (χ0) is 15.5. The molecule has 3 rings (SSSR count).